The smallest absolute Gasteiger partial charge is 0.196 e. The summed E-state index contributed by atoms with van der Waals surface area (Å²) >= 11 is 0. The van der Waals surface area contributed by atoms with Gasteiger partial charge in [0, 0.05) is 49.8 Å². The van der Waals surface area contributed by atoms with E-state index >= 15 is 0 Å². The first kappa shape index (κ1) is 16.2. The molecule has 0 saturated heterocycles. The van der Waals surface area contributed by atoms with E-state index in [0.29, 0.717) is 46.8 Å². The van der Waals surface area contributed by atoms with Crippen molar-refractivity contribution in [1.82, 2.24) is 0 Å². The van der Waals surface area contributed by atoms with Crippen LogP contribution in [0.5, 0.6) is 0 Å². The Morgan fingerprint density at radius 1 is 0.917 bits per heavy atom. The molecule has 0 heterocycles. The zero-order chi connectivity index (χ0) is 17.1. The number of carbonyl (C=O) groups is 2. The predicted octanol–water partition coefficient (Wildman–Crippen LogP) is 2.95. The monoisotopic (exact) mass is 324 g/mol. The van der Waals surface area contributed by atoms with Crippen LogP contribution in [0, 0.1) is 0 Å². The molecule has 0 atom stereocenters. The number of carbonyl (C=O) groups excluding carboxylic acids is 2. The van der Waals surface area contributed by atoms with Crippen LogP contribution in [0.25, 0.3) is 0 Å². The lowest BCUT2D eigenvalue weighted by Gasteiger charge is -2.23. The molecule has 0 fully saturated rings. The summed E-state index contributed by atoms with van der Waals surface area (Å²) in [4.78, 5) is 25.9. The fraction of sp³-hybridized carbons (Fsp3) is 0.263. The number of hydrogen-bond donors (Lipinski definition) is 2. The number of fused-ring (bicyclic) bond motifs is 2. The Hall–Kier alpha value is -2.66. The summed E-state index contributed by atoms with van der Waals surface area (Å²) in [7, 11) is 3.41. The van der Waals surface area contributed by atoms with Gasteiger partial charge in [0.1, 0.15) is 0 Å². The number of anilines is 2. The maximum Gasteiger partial charge on any atom is 0.196 e. The molecule has 0 radical (unpaired) electrons. The van der Waals surface area contributed by atoms with Gasteiger partial charge in [0.15, 0.2) is 11.6 Å². The topological polar surface area (TPSA) is 67.4 Å². The van der Waals surface area contributed by atoms with Crippen molar-refractivity contribution in [2.75, 3.05) is 37.9 Å². The average molecular weight is 324 g/mol. The quantitative estimate of drug-likeness (QED) is 0.682. The summed E-state index contributed by atoms with van der Waals surface area (Å²) in [5, 5.41) is 6.28. The first-order valence-corrected chi connectivity index (χ1v) is 7.95. The highest BCUT2D eigenvalue weighted by Crippen LogP contribution is 2.36. The molecule has 24 heavy (non-hydrogen) atoms. The molecule has 3 rings (SSSR count). The summed E-state index contributed by atoms with van der Waals surface area (Å²) in [6.45, 7) is 1.31. The van der Waals surface area contributed by atoms with Crippen LogP contribution in [0.1, 0.15) is 38.3 Å². The van der Waals surface area contributed by atoms with E-state index in [4.69, 9.17) is 4.74 Å². The largest absolute Gasteiger partial charge is 0.388 e. The van der Waals surface area contributed by atoms with Crippen LogP contribution < -0.4 is 10.6 Å². The zero-order valence-electron chi connectivity index (χ0n) is 13.8. The van der Waals surface area contributed by atoms with Crippen molar-refractivity contribution in [3.63, 3.8) is 0 Å². The van der Waals surface area contributed by atoms with Gasteiger partial charge in [-0.15, -0.1) is 0 Å². The predicted molar refractivity (Wildman–Crippen MR) is 94.3 cm³/mol. The van der Waals surface area contributed by atoms with E-state index in [2.05, 4.69) is 10.6 Å². The minimum Gasteiger partial charge on any atom is -0.388 e. The van der Waals surface area contributed by atoms with Gasteiger partial charge in [0.05, 0.1) is 11.1 Å². The van der Waals surface area contributed by atoms with Crippen LogP contribution in [0.3, 0.4) is 0 Å². The number of ether oxygens (including phenoxy) is 1. The summed E-state index contributed by atoms with van der Waals surface area (Å²) in [5.41, 5.74) is 3.17. The van der Waals surface area contributed by atoms with Crippen LogP contribution in [-0.2, 0) is 4.74 Å². The molecule has 1 aliphatic rings. The summed E-state index contributed by atoms with van der Waals surface area (Å²) in [6.07, 6.45) is 0.817. The second kappa shape index (κ2) is 6.84. The number of rotatable bonds is 6. The Labute approximate surface area is 141 Å². The standard InChI is InChI=1S/C19H20N2O3/c1-20-14-8-9-15(21-10-5-11-24-2)17-16(14)18(22)12-6-3-4-7-13(12)19(17)23/h3-4,6-9,20-21H,5,10-11H2,1-2H3. The van der Waals surface area contributed by atoms with Crippen molar-refractivity contribution in [3.8, 4) is 0 Å². The van der Waals surface area contributed by atoms with Gasteiger partial charge in [0.2, 0.25) is 0 Å². The Balaban J connectivity index is 2.07. The minimum atomic E-state index is -0.120. The van der Waals surface area contributed by atoms with E-state index < -0.39 is 0 Å². The first-order valence-electron chi connectivity index (χ1n) is 7.95. The average Bonchev–Trinajstić information content (AvgIpc) is 2.62. The van der Waals surface area contributed by atoms with E-state index in [1.54, 1.807) is 38.4 Å². The van der Waals surface area contributed by atoms with Gasteiger partial charge in [-0.25, -0.2) is 0 Å². The summed E-state index contributed by atoms with van der Waals surface area (Å²) in [6, 6.07) is 10.6. The Kier molecular flexibility index (Phi) is 4.62. The molecule has 0 bridgehead atoms. The second-order valence-corrected chi connectivity index (χ2v) is 5.64. The maximum atomic E-state index is 13.0. The fourth-order valence-corrected chi connectivity index (χ4v) is 3.02. The van der Waals surface area contributed by atoms with Gasteiger partial charge >= 0.3 is 0 Å². The Morgan fingerprint density at radius 2 is 1.50 bits per heavy atom. The van der Waals surface area contributed by atoms with Gasteiger partial charge in [-0.05, 0) is 18.6 Å². The number of hydrogen-bond acceptors (Lipinski definition) is 5. The molecule has 0 spiro atoms. The SMILES string of the molecule is CNc1ccc(NCCCOC)c2c1C(=O)c1ccccc1C2=O. The minimum absolute atomic E-state index is 0.119. The lowest BCUT2D eigenvalue weighted by atomic mass is 9.82. The van der Waals surface area contributed by atoms with E-state index in [1.165, 1.54) is 0 Å². The number of methoxy groups -OCH3 is 1. The molecular formula is C19H20N2O3. The third-order valence-corrected chi connectivity index (χ3v) is 4.19. The van der Waals surface area contributed by atoms with Crippen LogP contribution in [0.15, 0.2) is 36.4 Å². The van der Waals surface area contributed by atoms with E-state index in [9.17, 15) is 9.59 Å². The van der Waals surface area contributed by atoms with Crippen molar-refractivity contribution < 1.29 is 14.3 Å². The van der Waals surface area contributed by atoms with Crippen molar-refractivity contribution >= 4 is 22.9 Å². The third-order valence-electron chi connectivity index (χ3n) is 4.19. The third kappa shape index (κ3) is 2.67. The molecule has 124 valence electrons. The fourth-order valence-electron chi connectivity index (χ4n) is 3.02. The molecule has 0 saturated carbocycles. The highest BCUT2D eigenvalue weighted by molar-refractivity contribution is 6.31. The van der Waals surface area contributed by atoms with E-state index in [0.717, 1.165) is 6.42 Å². The van der Waals surface area contributed by atoms with E-state index in [-0.39, 0.29) is 11.6 Å². The van der Waals surface area contributed by atoms with E-state index in [1.807, 2.05) is 12.1 Å². The number of ketones is 2. The lowest BCUT2D eigenvalue weighted by molar-refractivity contribution is 0.0980. The molecule has 0 aliphatic heterocycles. The normalized spacial score (nSPS) is 12.6. The maximum absolute atomic E-state index is 13.0. The van der Waals surface area contributed by atoms with Crippen molar-refractivity contribution in [1.29, 1.82) is 0 Å². The molecule has 1 aliphatic carbocycles. The Morgan fingerprint density at radius 3 is 2.08 bits per heavy atom. The molecule has 5 nitrogen and oxygen atoms in total. The summed E-state index contributed by atoms with van der Waals surface area (Å²) < 4.78 is 5.04. The zero-order valence-corrected chi connectivity index (χ0v) is 13.8. The van der Waals surface area contributed by atoms with Gasteiger partial charge in [-0.1, -0.05) is 24.3 Å². The molecule has 5 heteroatoms. The van der Waals surface area contributed by atoms with Crippen LogP contribution in [0.2, 0.25) is 0 Å². The van der Waals surface area contributed by atoms with Gasteiger partial charge in [-0.2, -0.15) is 0 Å². The molecule has 0 aromatic heterocycles. The number of benzene rings is 2. The molecule has 0 unspecified atom stereocenters. The molecule has 2 N–H and O–H groups in total. The molecule has 0 amide bonds. The van der Waals surface area contributed by atoms with Gasteiger partial charge in [-0.3, -0.25) is 9.59 Å². The second-order valence-electron chi connectivity index (χ2n) is 5.64. The van der Waals surface area contributed by atoms with Crippen molar-refractivity contribution in [2.24, 2.45) is 0 Å². The number of nitrogens with one attached hydrogen (secondary N) is 2. The Bertz CT molecular complexity index is 799. The first-order chi connectivity index (χ1) is 11.7. The lowest BCUT2D eigenvalue weighted by Crippen LogP contribution is -2.24. The van der Waals surface area contributed by atoms with Gasteiger partial charge in [0.25, 0.3) is 0 Å². The van der Waals surface area contributed by atoms with Crippen molar-refractivity contribution in [3.05, 3.63) is 58.7 Å². The van der Waals surface area contributed by atoms with Crippen LogP contribution in [-0.4, -0.2) is 38.9 Å². The van der Waals surface area contributed by atoms with Crippen LogP contribution in [0.4, 0.5) is 11.4 Å². The van der Waals surface area contributed by atoms with Crippen LogP contribution >= 0.6 is 0 Å². The van der Waals surface area contributed by atoms with Crippen molar-refractivity contribution in [2.45, 2.75) is 6.42 Å². The highest BCUT2D eigenvalue weighted by Gasteiger charge is 2.33. The highest BCUT2D eigenvalue weighted by atomic mass is 16.5. The van der Waals surface area contributed by atoms with Gasteiger partial charge < -0.3 is 15.4 Å². The molecular weight excluding hydrogens is 304 g/mol. The molecule has 2 aromatic rings. The molecule has 2 aromatic carbocycles. The summed E-state index contributed by atoms with van der Waals surface area (Å²) in [5.74, 6) is -0.239.